The lowest BCUT2D eigenvalue weighted by Gasteiger charge is -2.06. The van der Waals surface area contributed by atoms with Gasteiger partial charge in [-0.25, -0.2) is 9.97 Å². The third kappa shape index (κ3) is 4.43. The lowest BCUT2D eigenvalue weighted by atomic mass is 10.1. The molecule has 0 aliphatic rings. The molecule has 0 aliphatic heterocycles. The van der Waals surface area contributed by atoms with Crippen LogP contribution in [-0.2, 0) is 13.1 Å². The molecule has 0 unspecified atom stereocenters. The fourth-order valence-corrected chi connectivity index (χ4v) is 4.23. The zero-order chi connectivity index (χ0) is 20.2. The number of nitrogens with zero attached hydrogens (tertiary/aromatic N) is 3. The van der Waals surface area contributed by atoms with E-state index in [-0.39, 0.29) is 5.91 Å². The molecule has 0 saturated carbocycles. The van der Waals surface area contributed by atoms with Crippen LogP contribution in [0, 0.1) is 13.8 Å². The maximum absolute atomic E-state index is 12.5. The minimum absolute atomic E-state index is 0.0792. The summed E-state index contributed by atoms with van der Waals surface area (Å²) >= 11 is 1.63. The summed E-state index contributed by atoms with van der Waals surface area (Å²) in [6, 6.07) is 15.9. The van der Waals surface area contributed by atoms with E-state index < -0.39 is 0 Å². The molecule has 2 aromatic heterocycles. The minimum atomic E-state index is -0.0792. The number of amides is 1. The Morgan fingerprint density at radius 3 is 2.62 bits per heavy atom. The number of rotatable bonds is 6. The highest BCUT2D eigenvalue weighted by molar-refractivity contribution is 7.15. The maximum atomic E-state index is 12.5. The Hall–Kier alpha value is -3.25. The average Bonchev–Trinajstić information content (AvgIpc) is 3.36. The van der Waals surface area contributed by atoms with Crippen molar-refractivity contribution in [3.8, 4) is 10.6 Å². The third-order valence-electron chi connectivity index (χ3n) is 4.82. The Balaban J connectivity index is 1.40. The van der Waals surface area contributed by atoms with Crippen LogP contribution in [0.1, 0.15) is 32.1 Å². The molecule has 0 aliphatic carbocycles. The molecule has 6 heteroatoms. The molecular formula is C23H22N4OS. The molecule has 0 atom stereocenters. The predicted molar refractivity (Wildman–Crippen MR) is 116 cm³/mol. The van der Waals surface area contributed by atoms with Gasteiger partial charge in [0.25, 0.3) is 5.91 Å². The largest absolute Gasteiger partial charge is 0.347 e. The molecule has 0 spiro atoms. The highest BCUT2D eigenvalue weighted by Crippen LogP contribution is 2.30. The second-order valence-electron chi connectivity index (χ2n) is 6.96. The zero-order valence-electron chi connectivity index (χ0n) is 16.4. The summed E-state index contributed by atoms with van der Waals surface area (Å²) in [5, 5.41) is 4.01. The highest BCUT2D eigenvalue weighted by atomic mass is 32.1. The number of hydrogen-bond donors (Lipinski definition) is 1. The molecule has 0 bridgehead atoms. The summed E-state index contributed by atoms with van der Waals surface area (Å²) in [4.78, 5) is 22.4. The minimum Gasteiger partial charge on any atom is -0.347 e. The van der Waals surface area contributed by atoms with Crippen LogP contribution < -0.4 is 5.32 Å². The molecule has 4 rings (SSSR count). The van der Waals surface area contributed by atoms with E-state index in [1.165, 1.54) is 5.56 Å². The van der Waals surface area contributed by atoms with Crippen molar-refractivity contribution in [1.29, 1.82) is 0 Å². The first kappa shape index (κ1) is 19.1. The van der Waals surface area contributed by atoms with Gasteiger partial charge in [0, 0.05) is 34.9 Å². The number of aryl methyl sites for hydroxylation is 2. The average molecular weight is 403 g/mol. The number of hydrogen-bond acceptors (Lipinski definition) is 4. The molecule has 0 fully saturated rings. The lowest BCUT2D eigenvalue weighted by molar-refractivity contribution is 0.0951. The molecular weight excluding hydrogens is 380 g/mol. The van der Waals surface area contributed by atoms with Crippen molar-refractivity contribution in [2.24, 2.45) is 0 Å². The second kappa shape index (κ2) is 8.41. The number of aromatic nitrogens is 3. The highest BCUT2D eigenvalue weighted by Gasteiger charge is 2.13. The van der Waals surface area contributed by atoms with Crippen LogP contribution in [0.3, 0.4) is 0 Å². The van der Waals surface area contributed by atoms with Gasteiger partial charge in [-0.15, -0.1) is 11.3 Å². The molecule has 2 heterocycles. The first-order valence-corrected chi connectivity index (χ1v) is 10.3. The summed E-state index contributed by atoms with van der Waals surface area (Å²) in [6.45, 7) is 5.29. The summed E-state index contributed by atoms with van der Waals surface area (Å²) < 4.78 is 1.99. The van der Waals surface area contributed by atoms with Gasteiger partial charge in [0.1, 0.15) is 5.01 Å². The molecule has 4 aromatic rings. The van der Waals surface area contributed by atoms with Crippen LogP contribution in [-0.4, -0.2) is 20.4 Å². The smallest absolute Gasteiger partial charge is 0.251 e. The quantitative estimate of drug-likeness (QED) is 0.513. The van der Waals surface area contributed by atoms with Crippen molar-refractivity contribution in [3.05, 3.63) is 94.5 Å². The van der Waals surface area contributed by atoms with Crippen LogP contribution in [0.4, 0.5) is 0 Å². The van der Waals surface area contributed by atoms with Crippen LogP contribution in [0.5, 0.6) is 0 Å². The Bertz CT molecular complexity index is 1110. The van der Waals surface area contributed by atoms with Crippen LogP contribution in [0.15, 0.2) is 67.3 Å². The van der Waals surface area contributed by atoms with E-state index in [1.54, 1.807) is 23.9 Å². The van der Waals surface area contributed by atoms with E-state index >= 15 is 0 Å². The summed E-state index contributed by atoms with van der Waals surface area (Å²) in [5.74, 6) is -0.0792. The first-order valence-electron chi connectivity index (χ1n) is 9.45. The van der Waals surface area contributed by atoms with Gasteiger partial charge < -0.3 is 9.88 Å². The number of carbonyl (C=O) groups excluding carboxylic acids is 1. The molecule has 5 nitrogen and oxygen atoms in total. The van der Waals surface area contributed by atoms with Crippen molar-refractivity contribution in [3.63, 3.8) is 0 Å². The van der Waals surface area contributed by atoms with Crippen LogP contribution in [0.25, 0.3) is 10.6 Å². The molecule has 146 valence electrons. The number of nitrogens with one attached hydrogen (secondary N) is 1. The van der Waals surface area contributed by atoms with Gasteiger partial charge in [-0.2, -0.15) is 0 Å². The van der Waals surface area contributed by atoms with Crippen molar-refractivity contribution in [2.75, 3.05) is 0 Å². The maximum Gasteiger partial charge on any atom is 0.251 e. The molecule has 1 amide bonds. The molecule has 0 radical (unpaired) electrons. The zero-order valence-corrected chi connectivity index (χ0v) is 17.2. The van der Waals surface area contributed by atoms with Gasteiger partial charge >= 0.3 is 0 Å². The monoisotopic (exact) mass is 402 g/mol. The van der Waals surface area contributed by atoms with Gasteiger partial charge in [0.2, 0.25) is 0 Å². The van der Waals surface area contributed by atoms with E-state index in [0.717, 1.165) is 33.3 Å². The molecule has 29 heavy (non-hydrogen) atoms. The fourth-order valence-electron chi connectivity index (χ4n) is 3.14. The number of carbonyl (C=O) groups is 1. The van der Waals surface area contributed by atoms with Gasteiger partial charge in [-0.3, -0.25) is 4.79 Å². The topological polar surface area (TPSA) is 59.8 Å². The van der Waals surface area contributed by atoms with Gasteiger partial charge in [-0.05, 0) is 37.1 Å². The van der Waals surface area contributed by atoms with Crippen LogP contribution in [0.2, 0.25) is 0 Å². The van der Waals surface area contributed by atoms with E-state index in [1.807, 2.05) is 54.1 Å². The van der Waals surface area contributed by atoms with E-state index in [9.17, 15) is 4.79 Å². The molecule has 2 aromatic carbocycles. The van der Waals surface area contributed by atoms with Crippen molar-refractivity contribution < 1.29 is 4.79 Å². The molecule has 1 N–H and O–H groups in total. The Kier molecular flexibility index (Phi) is 5.53. The second-order valence-corrected chi connectivity index (χ2v) is 8.04. The Morgan fingerprint density at radius 2 is 1.90 bits per heavy atom. The summed E-state index contributed by atoms with van der Waals surface area (Å²) in [5.41, 5.74) is 5.09. The van der Waals surface area contributed by atoms with Crippen molar-refractivity contribution >= 4 is 17.2 Å². The standard InChI is InChI=1S/C23H22N4OS/c1-16-5-3-4-6-20(16)23-26-17(2)21(29-23)13-25-22(28)19-9-7-18(8-10-19)14-27-12-11-24-15-27/h3-12,15H,13-14H2,1-2H3,(H,25,28). The summed E-state index contributed by atoms with van der Waals surface area (Å²) in [7, 11) is 0. The van der Waals surface area contributed by atoms with Crippen LogP contribution >= 0.6 is 11.3 Å². The number of benzene rings is 2. The number of imidazole rings is 1. The van der Waals surface area contributed by atoms with E-state index in [2.05, 4.69) is 29.4 Å². The fraction of sp³-hybridized carbons (Fsp3) is 0.174. The number of thiazole rings is 1. The van der Waals surface area contributed by atoms with Crippen molar-refractivity contribution in [1.82, 2.24) is 19.9 Å². The predicted octanol–water partition coefficient (Wildman–Crippen LogP) is 4.60. The van der Waals surface area contributed by atoms with Gasteiger partial charge in [0.15, 0.2) is 0 Å². The third-order valence-corrected chi connectivity index (χ3v) is 6.01. The first-order chi connectivity index (χ1) is 14.1. The Labute approximate surface area is 174 Å². The lowest BCUT2D eigenvalue weighted by Crippen LogP contribution is -2.22. The van der Waals surface area contributed by atoms with E-state index in [4.69, 9.17) is 4.98 Å². The van der Waals surface area contributed by atoms with E-state index in [0.29, 0.717) is 12.1 Å². The SMILES string of the molecule is Cc1ccccc1-c1nc(C)c(CNC(=O)c2ccc(Cn3ccnc3)cc2)s1. The normalized spacial score (nSPS) is 10.8. The van der Waals surface area contributed by atoms with Gasteiger partial charge in [0.05, 0.1) is 18.6 Å². The van der Waals surface area contributed by atoms with Gasteiger partial charge in [-0.1, -0.05) is 36.4 Å². The van der Waals surface area contributed by atoms with Crippen molar-refractivity contribution in [2.45, 2.75) is 26.9 Å². The summed E-state index contributed by atoms with van der Waals surface area (Å²) in [6.07, 6.45) is 5.46. The Morgan fingerprint density at radius 1 is 1.10 bits per heavy atom. The molecule has 0 saturated heterocycles.